The van der Waals surface area contributed by atoms with Gasteiger partial charge in [0.05, 0.1) is 12.1 Å². The first-order valence-corrected chi connectivity index (χ1v) is 8.15. The van der Waals surface area contributed by atoms with Crippen LogP contribution in [0.5, 0.6) is 0 Å². The van der Waals surface area contributed by atoms with E-state index in [4.69, 9.17) is 0 Å². The third-order valence-electron chi connectivity index (χ3n) is 4.40. The third kappa shape index (κ3) is 4.12. The van der Waals surface area contributed by atoms with E-state index in [2.05, 4.69) is 10.6 Å². The highest BCUT2D eigenvalue weighted by Gasteiger charge is 2.26. The lowest BCUT2D eigenvalue weighted by Gasteiger charge is -2.29. The Hall–Kier alpha value is -2.22. The van der Waals surface area contributed by atoms with Crippen LogP contribution < -0.4 is 16.2 Å². The number of amides is 1. The summed E-state index contributed by atoms with van der Waals surface area (Å²) in [6, 6.07) is 6.74. The quantitative estimate of drug-likeness (QED) is 0.745. The molecule has 2 aromatic rings. The van der Waals surface area contributed by atoms with Crippen LogP contribution in [0.3, 0.4) is 0 Å². The SMILES string of the molecule is Cc1ccn(-c2ccc(F)cc2)c(=O)c1C(=O)N[C@@H]1CCNC[C@H]1O.Cl. The fourth-order valence-corrected chi connectivity index (χ4v) is 2.96. The Balaban J connectivity index is 0.00000243. The van der Waals surface area contributed by atoms with Crippen LogP contribution in [-0.2, 0) is 0 Å². The Morgan fingerprint density at radius 3 is 2.65 bits per heavy atom. The molecule has 6 nitrogen and oxygen atoms in total. The summed E-state index contributed by atoms with van der Waals surface area (Å²) in [7, 11) is 0. The number of benzene rings is 1. The number of nitrogens with one attached hydrogen (secondary N) is 2. The van der Waals surface area contributed by atoms with Crippen LogP contribution in [0, 0.1) is 12.7 Å². The van der Waals surface area contributed by atoms with Crippen molar-refractivity contribution in [1.82, 2.24) is 15.2 Å². The second-order valence-corrected chi connectivity index (χ2v) is 6.17. The molecule has 0 radical (unpaired) electrons. The molecule has 1 aliphatic heterocycles. The van der Waals surface area contributed by atoms with Crippen molar-refractivity contribution in [3.63, 3.8) is 0 Å². The number of halogens is 2. The molecule has 3 rings (SSSR count). The molecule has 26 heavy (non-hydrogen) atoms. The first-order valence-electron chi connectivity index (χ1n) is 8.15. The van der Waals surface area contributed by atoms with E-state index >= 15 is 0 Å². The van der Waals surface area contributed by atoms with Gasteiger partial charge in [-0.3, -0.25) is 14.2 Å². The lowest BCUT2D eigenvalue weighted by atomic mass is 10.0. The highest BCUT2D eigenvalue weighted by atomic mass is 35.5. The minimum Gasteiger partial charge on any atom is -0.390 e. The van der Waals surface area contributed by atoms with E-state index in [1.54, 1.807) is 19.2 Å². The van der Waals surface area contributed by atoms with E-state index in [1.807, 2.05) is 0 Å². The monoisotopic (exact) mass is 381 g/mol. The summed E-state index contributed by atoms with van der Waals surface area (Å²) in [4.78, 5) is 25.4. The normalized spacial score (nSPS) is 19.5. The fraction of sp³-hybridized carbons (Fsp3) is 0.333. The Kier molecular flexibility index (Phi) is 6.52. The molecule has 2 atom stereocenters. The van der Waals surface area contributed by atoms with Gasteiger partial charge in [-0.1, -0.05) is 0 Å². The van der Waals surface area contributed by atoms with Crippen molar-refractivity contribution in [3.8, 4) is 5.69 Å². The van der Waals surface area contributed by atoms with Crippen molar-refractivity contribution in [2.45, 2.75) is 25.5 Å². The summed E-state index contributed by atoms with van der Waals surface area (Å²) in [5, 5.41) is 15.8. The highest BCUT2D eigenvalue weighted by Crippen LogP contribution is 2.11. The van der Waals surface area contributed by atoms with Gasteiger partial charge in [0.2, 0.25) is 0 Å². The zero-order valence-corrected chi connectivity index (χ0v) is 15.1. The van der Waals surface area contributed by atoms with Gasteiger partial charge in [-0.2, -0.15) is 0 Å². The summed E-state index contributed by atoms with van der Waals surface area (Å²) >= 11 is 0. The maximum absolute atomic E-state index is 13.1. The average molecular weight is 382 g/mol. The number of nitrogens with zero attached hydrogens (tertiary/aromatic N) is 1. The van der Waals surface area contributed by atoms with Crippen molar-refractivity contribution < 1.29 is 14.3 Å². The van der Waals surface area contributed by atoms with Gasteiger partial charge in [0.1, 0.15) is 11.4 Å². The molecule has 1 fully saturated rings. The summed E-state index contributed by atoms with van der Waals surface area (Å²) in [5.41, 5.74) is 0.566. The molecule has 0 spiro atoms. The molecule has 140 valence electrons. The van der Waals surface area contributed by atoms with Crippen LogP contribution in [0.1, 0.15) is 22.3 Å². The molecule has 3 N–H and O–H groups in total. The Bertz CT molecular complexity index is 839. The predicted octanol–water partition coefficient (Wildman–Crippen LogP) is 1.16. The third-order valence-corrected chi connectivity index (χ3v) is 4.40. The van der Waals surface area contributed by atoms with E-state index in [-0.39, 0.29) is 18.0 Å². The number of aromatic nitrogens is 1. The number of hydrogen-bond acceptors (Lipinski definition) is 4. The molecule has 1 aromatic heterocycles. The maximum Gasteiger partial charge on any atom is 0.268 e. The first-order chi connectivity index (χ1) is 12.0. The van der Waals surface area contributed by atoms with Gasteiger partial charge in [-0.05, 0) is 55.8 Å². The number of carbonyl (C=O) groups excluding carboxylic acids is 1. The Morgan fingerprint density at radius 1 is 1.31 bits per heavy atom. The summed E-state index contributed by atoms with van der Waals surface area (Å²) in [6.45, 7) is 2.78. The molecule has 1 aliphatic rings. The number of carbonyl (C=O) groups is 1. The van der Waals surface area contributed by atoms with E-state index in [0.29, 0.717) is 30.8 Å². The molecule has 0 bridgehead atoms. The molecule has 1 amide bonds. The average Bonchev–Trinajstić information content (AvgIpc) is 2.58. The van der Waals surface area contributed by atoms with Crippen LogP contribution in [0.4, 0.5) is 4.39 Å². The zero-order chi connectivity index (χ0) is 18.0. The largest absolute Gasteiger partial charge is 0.390 e. The Morgan fingerprint density at radius 2 is 2.00 bits per heavy atom. The summed E-state index contributed by atoms with van der Waals surface area (Å²) in [6.07, 6.45) is 1.45. The van der Waals surface area contributed by atoms with Crippen molar-refractivity contribution in [2.24, 2.45) is 0 Å². The number of rotatable bonds is 3. The minimum absolute atomic E-state index is 0. The fourth-order valence-electron chi connectivity index (χ4n) is 2.96. The van der Waals surface area contributed by atoms with Gasteiger partial charge in [0.15, 0.2) is 0 Å². The molecule has 8 heteroatoms. The lowest BCUT2D eigenvalue weighted by molar-refractivity contribution is 0.0763. The highest BCUT2D eigenvalue weighted by molar-refractivity contribution is 5.95. The second-order valence-electron chi connectivity index (χ2n) is 6.17. The van der Waals surface area contributed by atoms with Crippen LogP contribution in [-0.4, -0.2) is 40.8 Å². The van der Waals surface area contributed by atoms with Crippen LogP contribution in [0.15, 0.2) is 41.3 Å². The van der Waals surface area contributed by atoms with Crippen molar-refractivity contribution >= 4 is 18.3 Å². The van der Waals surface area contributed by atoms with E-state index in [9.17, 15) is 19.1 Å². The maximum atomic E-state index is 13.1. The molecular weight excluding hydrogens is 361 g/mol. The standard InChI is InChI=1S/C18H20FN3O3.ClH/c1-11-7-9-22(13-4-2-12(19)3-5-13)18(25)16(11)17(24)21-14-6-8-20-10-15(14)23;/h2-5,7,9,14-15,20,23H,6,8,10H2,1H3,(H,21,24);1H/t14-,15-;/m1./s1. The molecule has 1 saturated heterocycles. The zero-order valence-electron chi connectivity index (χ0n) is 14.2. The minimum atomic E-state index is -0.693. The number of β-amino-alcohol motifs (C(OH)–C–C–N with tert-alkyl or cyclic N) is 1. The number of aliphatic hydroxyl groups excluding tert-OH is 1. The number of pyridine rings is 1. The molecule has 0 aliphatic carbocycles. The van der Waals surface area contributed by atoms with Gasteiger partial charge in [-0.25, -0.2) is 4.39 Å². The van der Waals surface area contributed by atoms with Crippen molar-refractivity contribution in [2.75, 3.05) is 13.1 Å². The van der Waals surface area contributed by atoms with Crippen LogP contribution >= 0.6 is 12.4 Å². The van der Waals surface area contributed by atoms with Crippen LogP contribution in [0.2, 0.25) is 0 Å². The number of hydrogen-bond donors (Lipinski definition) is 3. The lowest BCUT2D eigenvalue weighted by Crippen LogP contribution is -2.53. The number of aryl methyl sites for hydroxylation is 1. The number of aliphatic hydroxyl groups is 1. The second kappa shape index (κ2) is 8.44. The van der Waals surface area contributed by atoms with Gasteiger partial charge in [-0.15, -0.1) is 12.4 Å². The number of piperidine rings is 1. The molecule has 1 aromatic carbocycles. The van der Waals surface area contributed by atoms with Gasteiger partial charge >= 0.3 is 0 Å². The van der Waals surface area contributed by atoms with E-state index in [1.165, 1.54) is 28.8 Å². The molecular formula is C18H21ClFN3O3. The molecule has 0 unspecified atom stereocenters. The first kappa shape index (κ1) is 20.1. The Labute approximate surface area is 156 Å². The topological polar surface area (TPSA) is 83.4 Å². The van der Waals surface area contributed by atoms with E-state index < -0.39 is 29.4 Å². The summed E-state index contributed by atoms with van der Waals surface area (Å²) < 4.78 is 14.4. The van der Waals surface area contributed by atoms with Crippen molar-refractivity contribution in [1.29, 1.82) is 0 Å². The molecule has 0 saturated carbocycles. The molecule has 2 heterocycles. The van der Waals surface area contributed by atoms with Gasteiger partial charge < -0.3 is 15.7 Å². The smallest absolute Gasteiger partial charge is 0.268 e. The summed E-state index contributed by atoms with van der Waals surface area (Å²) in [5.74, 6) is -0.910. The predicted molar refractivity (Wildman–Crippen MR) is 98.7 cm³/mol. The van der Waals surface area contributed by atoms with E-state index in [0.717, 1.165) is 0 Å². The van der Waals surface area contributed by atoms with Crippen molar-refractivity contribution in [3.05, 3.63) is 63.8 Å². The van der Waals surface area contributed by atoms with Gasteiger partial charge in [0, 0.05) is 18.4 Å². The van der Waals surface area contributed by atoms with Gasteiger partial charge in [0.25, 0.3) is 11.5 Å². The van der Waals surface area contributed by atoms with Crippen LogP contribution in [0.25, 0.3) is 5.69 Å².